The summed E-state index contributed by atoms with van der Waals surface area (Å²) in [5.41, 5.74) is 1.25. The number of hydrogen-bond donors (Lipinski definition) is 2. The predicted molar refractivity (Wildman–Crippen MR) is 66.4 cm³/mol. The van der Waals surface area contributed by atoms with Gasteiger partial charge in [0.1, 0.15) is 0 Å². The van der Waals surface area contributed by atoms with Crippen LogP contribution in [0.1, 0.15) is 31.2 Å². The van der Waals surface area contributed by atoms with Crippen molar-refractivity contribution in [3.63, 3.8) is 0 Å². The summed E-state index contributed by atoms with van der Waals surface area (Å²) in [6.45, 7) is 1.20. The first-order valence-corrected chi connectivity index (χ1v) is 6.80. The van der Waals surface area contributed by atoms with Gasteiger partial charge in [-0.25, -0.2) is 0 Å². The lowest BCUT2D eigenvalue weighted by molar-refractivity contribution is -0.120. The molecular formula is C12H18N2OS. The molecule has 0 spiro atoms. The zero-order valence-electron chi connectivity index (χ0n) is 9.37. The van der Waals surface area contributed by atoms with Crippen molar-refractivity contribution in [3.05, 3.63) is 22.4 Å². The minimum atomic E-state index is 0.127. The van der Waals surface area contributed by atoms with E-state index in [1.807, 2.05) is 0 Å². The largest absolute Gasteiger partial charge is 0.352 e. The molecule has 4 heteroatoms. The number of thiophene rings is 1. The van der Waals surface area contributed by atoms with Gasteiger partial charge in [0.05, 0.1) is 6.54 Å². The first-order chi connectivity index (χ1) is 7.84. The van der Waals surface area contributed by atoms with E-state index in [4.69, 9.17) is 0 Å². The number of amides is 1. The van der Waals surface area contributed by atoms with Gasteiger partial charge in [0, 0.05) is 12.6 Å². The molecule has 0 unspecified atom stereocenters. The van der Waals surface area contributed by atoms with Crippen molar-refractivity contribution in [1.29, 1.82) is 0 Å². The second-order valence-corrected chi connectivity index (χ2v) is 5.06. The van der Waals surface area contributed by atoms with Gasteiger partial charge in [-0.05, 0) is 35.2 Å². The highest BCUT2D eigenvalue weighted by atomic mass is 32.1. The van der Waals surface area contributed by atoms with E-state index in [0.717, 1.165) is 19.4 Å². The molecule has 0 atom stereocenters. The molecular weight excluding hydrogens is 220 g/mol. The minimum Gasteiger partial charge on any atom is -0.352 e. The van der Waals surface area contributed by atoms with E-state index in [1.165, 1.54) is 18.4 Å². The third-order valence-corrected chi connectivity index (χ3v) is 3.65. The van der Waals surface area contributed by atoms with Crippen LogP contribution in [0.2, 0.25) is 0 Å². The highest BCUT2D eigenvalue weighted by molar-refractivity contribution is 7.07. The first kappa shape index (κ1) is 11.6. The van der Waals surface area contributed by atoms with E-state index in [-0.39, 0.29) is 5.91 Å². The van der Waals surface area contributed by atoms with Crippen LogP contribution in [0.3, 0.4) is 0 Å². The van der Waals surface area contributed by atoms with Crippen LogP contribution in [0.15, 0.2) is 16.8 Å². The van der Waals surface area contributed by atoms with Crippen LogP contribution in [-0.4, -0.2) is 18.5 Å². The molecule has 2 N–H and O–H groups in total. The highest BCUT2D eigenvalue weighted by Crippen LogP contribution is 2.17. The number of hydrogen-bond acceptors (Lipinski definition) is 3. The van der Waals surface area contributed by atoms with Gasteiger partial charge in [0.25, 0.3) is 0 Å². The van der Waals surface area contributed by atoms with Crippen LogP contribution in [0.25, 0.3) is 0 Å². The van der Waals surface area contributed by atoms with Gasteiger partial charge in [-0.3, -0.25) is 4.79 Å². The first-order valence-electron chi connectivity index (χ1n) is 5.86. The summed E-state index contributed by atoms with van der Waals surface area (Å²) in [7, 11) is 0. The van der Waals surface area contributed by atoms with Crippen molar-refractivity contribution in [2.45, 2.75) is 38.3 Å². The smallest absolute Gasteiger partial charge is 0.234 e. The second-order valence-electron chi connectivity index (χ2n) is 4.28. The van der Waals surface area contributed by atoms with E-state index >= 15 is 0 Å². The summed E-state index contributed by atoms with van der Waals surface area (Å²) in [6.07, 6.45) is 4.81. The summed E-state index contributed by atoms with van der Waals surface area (Å²) in [6, 6.07) is 2.50. The average Bonchev–Trinajstić information content (AvgIpc) is 2.90. The molecule has 1 aromatic heterocycles. The predicted octanol–water partition coefficient (Wildman–Crippen LogP) is 1.90. The number of nitrogens with one attached hydrogen (secondary N) is 2. The van der Waals surface area contributed by atoms with E-state index in [0.29, 0.717) is 12.6 Å². The lowest BCUT2D eigenvalue weighted by atomic mass is 10.2. The SMILES string of the molecule is O=C(CNCc1ccsc1)NC1CCCC1. The Hall–Kier alpha value is -0.870. The molecule has 1 amide bonds. The molecule has 0 aliphatic heterocycles. The van der Waals surface area contributed by atoms with Gasteiger partial charge in [-0.1, -0.05) is 12.8 Å². The van der Waals surface area contributed by atoms with Crippen molar-refractivity contribution in [2.75, 3.05) is 6.54 Å². The van der Waals surface area contributed by atoms with E-state index in [2.05, 4.69) is 27.5 Å². The molecule has 1 heterocycles. The quantitative estimate of drug-likeness (QED) is 0.822. The standard InChI is InChI=1S/C12H18N2OS/c15-12(14-11-3-1-2-4-11)8-13-7-10-5-6-16-9-10/h5-6,9,11,13H,1-4,7-8H2,(H,14,15). The van der Waals surface area contributed by atoms with Crippen molar-refractivity contribution >= 4 is 17.2 Å². The summed E-state index contributed by atoms with van der Waals surface area (Å²) >= 11 is 1.68. The van der Waals surface area contributed by atoms with Gasteiger partial charge < -0.3 is 10.6 Å². The fourth-order valence-electron chi connectivity index (χ4n) is 2.06. The Kier molecular flexibility index (Phi) is 4.36. The lowest BCUT2D eigenvalue weighted by Gasteiger charge is -2.11. The molecule has 0 aromatic carbocycles. The maximum Gasteiger partial charge on any atom is 0.234 e. The average molecular weight is 238 g/mol. The lowest BCUT2D eigenvalue weighted by Crippen LogP contribution is -2.38. The van der Waals surface area contributed by atoms with Crippen molar-refractivity contribution in [2.24, 2.45) is 0 Å². The number of carbonyl (C=O) groups is 1. The second kappa shape index (κ2) is 6.01. The van der Waals surface area contributed by atoms with Gasteiger partial charge in [-0.2, -0.15) is 11.3 Å². The summed E-state index contributed by atoms with van der Waals surface area (Å²) in [5.74, 6) is 0.127. The summed E-state index contributed by atoms with van der Waals surface area (Å²) in [5, 5.41) is 10.4. The van der Waals surface area contributed by atoms with Gasteiger partial charge >= 0.3 is 0 Å². The van der Waals surface area contributed by atoms with Crippen LogP contribution in [-0.2, 0) is 11.3 Å². The molecule has 1 saturated carbocycles. The Morgan fingerprint density at radius 3 is 2.94 bits per heavy atom. The third-order valence-electron chi connectivity index (χ3n) is 2.92. The molecule has 1 fully saturated rings. The minimum absolute atomic E-state index is 0.127. The Balaban J connectivity index is 1.60. The molecule has 16 heavy (non-hydrogen) atoms. The number of rotatable bonds is 5. The molecule has 0 bridgehead atoms. The van der Waals surface area contributed by atoms with Crippen LogP contribution in [0.5, 0.6) is 0 Å². The number of carbonyl (C=O) groups excluding carboxylic acids is 1. The zero-order valence-corrected chi connectivity index (χ0v) is 10.2. The molecule has 0 saturated heterocycles. The van der Waals surface area contributed by atoms with Gasteiger partial charge in [0.2, 0.25) is 5.91 Å². The van der Waals surface area contributed by atoms with Crippen molar-refractivity contribution in [3.8, 4) is 0 Å². The Morgan fingerprint density at radius 1 is 1.44 bits per heavy atom. The maximum atomic E-state index is 11.6. The topological polar surface area (TPSA) is 41.1 Å². The third kappa shape index (κ3) is 3.61. The van der Waals surface area contributed by atoms with E-state index in [9.17, 15) is 4.79 Å². The van der Waals surface area contributed by atoms with Crippen LogP contribution < -0.4 is 10.6 Å². The fourth-order valence-corrected chi connectivity index (χ4v) is 2.73. The molecule has 88 valence electrons. The van der Waals surface area contributed by atoms with Crippen LogP contribution in [0.4, 0.5) is 0 Å². The van der Waals surface area contributed by atoms with Crippen molar-refractivity contribution < 1.29 is 4.79 Å². The zero-order chi connectivity index (χ0) is 11.2. The highest BCUT2D eigenvalue weighted by Gasteiger charge is 2.16. The fraction of sp³-hybridized carbons (Fsp3) is 0.583. The molecule has 1 aromatic rings. The van der Waals surface area contributed by atoms with E-state index < -0.39 is 0 Å². The normalized spacial score (nSPS) is 16.5. The molecule has 1 aliphatic carbocycles. The Bertz CT molecular complexity index is 318. The molecule has 0 radical (unpaired) electrons. The van der Waals surface area contributed by atoms with Gasteiger partial charge in [-0.15, -0.1) is 0 Å². The maximum absolute atomic E-state index is 11.6. The molecule has 1 aliphatic rings. The molecule has 3 nitrogen and oxygen atoms in total. The van der Waals surface area contributed by atoms with Crippen LogP contribution >= 0.6 is 11.3 Å². The van der Waals surface area contributed by atoms with Crippen LogP contribution in [0, 0.1) is 0 Å². The summed E-state index contributed by atoms with van der Waals surface area (Å²) in [4.78, 5) is 11.6. The van der Waals surface area contributed by atoms with Gasteiger partial charge in [0.15, 0.2) is 0 Å². The van der Waals surface area contributed by atoms with E-state index in [1.54, 1.807) is 11.3 Å². The summed E-state index contributed by atoms with van der Waals surface area (Å²) < 4.78 is 0. The van der Waals surface area contributed by atoms with Crippen molar-refractivity contribution in [1.82, 2.24) is 10.6 Å². The molecule has 2 rings (SSSR count). The Morgan fingerprint density at radius 2 is 2.25 bits per heavy atom. The Labute approximate surface area is 100 Å². The monoisotopic (exact) mass is 238 g/mol.